The van der Waals surface area contributed by atoms with E-state index in [4.69, 9.17) is 5.73 Å². The van der Waals surface area contributed by atoms with Gasteiger partial charge in [-0.15, -0.1) is 0 Å². The summed E-state index contributed by atoms with van der Waals surface area (Å²) in [4.78, 5) is 15.0. The van der Waals surface area contributed by atoms with Gasteiger partial charge in [-0.05, 0) is 49.9 Å². The SMILES string of the molecule is CC(C)CN(C(=O)C1C2CCC(C2)C1N)C1CC1. The minimum atomic E-state index is 0.142. The van der Waals surface area contributed by atoms with Crippen molar-refractivity contribution in [3.63, 3.8) is 0 Å². The van der Waals surface area contributed by atoms with E-state index < -0.39 is 0 Å². The second kappa shape index (κ2) is 4.52. The van der Waals surface area contributed by atoms with E-state index in [1.807, 2.05) is 0 Å². The van der Waals surface area contributed by atoms with Crippen LogP contribution in [0.4, 0.5) is 0 Å². The zero-order valence-electron chi connectivity index (χ0n) is 11.6. The van der Waals surface area contributed by atoms with Crippen LogP contribution in [-0.2, 0) is 4.79 Å². The lowest BCUT2D eigenvalue weighted by Crippen LogP contribution is -2.48. The van der Waals surface area contributed by atoms with E-state index in [1.165, 1.54) is 32.1 Å². The summed E-state index contributed by atoms with van der Waals surface area (Å²) in [5.41, 5.74) is 6.31. The fourth-order valence-corrected chi connectivity index (χ4v) is 4.09. The van der Waals surface area contributed by atoms with Crippen molar-refractivity contribution in [1.82, 2.24) is 4.90 Å². The Balaban J connectivity index is 1.72. The largest absolute Gasteiger partial charge is 0.339 e. The van der Waals surface area contributed by atoms with Crippen molar-refractivity contribution in [3.8, 4) is 0 Å². The summed E-state index contributed by atoms with van der Waals surface area (Å²) in [6.45, 7) is 5.32. The lowest BCUT2D eigenvalue weighted by Gasteiger charge is -2.33. The Bertz CT molecular complexity index is 335. The average Bonchev–Trinajstić information content (AvgIpc) is 2.97. The third kappa shape index (κ3) is 2.07. The smallest absolute Gasteiger partial charge is 0.227 e. The number of hydrogen-bond acceptors (Lipinski definition) is 2. The summed E-state index contributed by atoms with van der Waals surface area (Å²) in [5, 5.41) is 0. The number of amides is 1. The van der Waals surface area contributed by atoms with Crippen LogP contribution in [0.2, 0.25) is 0 Å². The van der Waals surface area contributed by atoms with E-state index in [0.717, 1.165) is 6.54 Å². The highest BCUT2D eigenvalue weighted by Crippen LogP contribution is 2.48. The van der Waals surface area contributed by atoms with Gasteiger partial charge < -0.3 is 10.6 Å². The molecule has 4 atom stereocenters. The maximum Gasteiger partial charge on any atom is 0.227 e. The summed E-state index contributed by atoms with van der Waals surface area (Å²) in [6.07, 6.45) is 6.10. The van der Waals surface area contributed by atoms with Crippen molar-refractivity contribution in [1.29, 1.82) is 0 Å². The first-order chi connectivity index (χ1) is 8.58. The molecule has 0 saturated heterocycles. The summed E-state index contributed by atoms with van der Waals surface area (Å²) in [6, 6.07) is 0.677. The highest BCUT2D eigenvalue weighted by Gasteiger charge is 2.51. The quantitative estimate of drug-likeness (QED) is 0.829. The van der Waals surface area contributed by atoms with Crippen molar-refractivity contribution in [3.05, 3.63) is 0 Å². The van der Waals surface area contributed by atoms with Crippen LogP contribution >= 0.6 is 0 Å². The van der Waals surface area contributed by atoms with Crippen molar-refractivity contribution >= 4 is 5.91 Å². The number of carbonyl (C=O) groups excluding carboxylic acids is 1. The molecule has 3 heteroatoms. The Morgan fingerprint density at radius 1 is 1.22 bits per heavy atom. The molecule has 102 valence electrons. The third-order valence-corrected chi connectivity index (χ3v) is 5.10. The summed E-state index contributed by atoms with van der Waals surface area (Å²) in [5.74, 6) is 2.30. The van der Waals surface area contributed by atoms with E-state index in [-0.39, 0.29) is 12.0 Å². The van der Waals surface area contributed by atoms with Gasteiger partial charge in [0.2, 0.25) is 5.91 Å². The normalized spacial score (nSPS) is 38.4. The van der Waals surface area contributed by atoms with Crippen molar-refractivity contribution < 1.29 is 4.79 Å². The Morgan fingerprint density at radius 3 is 2.39 bits per heavy atom. The third-order valence-electron chi connectivity index (χ3n) is 5.10. The molecule has 0 radical (unpaired) electrons. The van der Waals surface area contributed by atoms with Gasteiger partial charge in [-0.1, -0.05) is 13.8 Å². The van der Waals surface area contributed by atoms with E-state index >= 15 is 0 Å². The molecule has 3 fully saturated rings. The van der Waals surface area contributed by atoms with Crippen molar-refractivity contribution in [2.75, 3.05) is 6.54 Å². The number of nitrogens with two attached hydrogens (primary N) is 1. The second-order valence-electron chi connectivity index (χ2n) is 7.05. The van der Waals surface area contributed by atoms with Gasteiger partial charge in [-0.25, -0.2) is 0 Å². The van der Waals surface area contributed by atoms with Gasteiger partial charge in [0.1, 0.15) is 0 Å². The molecule has 3 aliphatic rings. The Hall–Kier alpha value is -0.570. The molecule has 0 aromatic rings. The lowest BCUT2D eigenvalue weighted by molar-refractivity contribution is -0.139. The summed E-state index contributed by atoms with van der Waals surface area (Å²) in [7, 11) is 0. The molecule has 3 saturated carbocycles. The van der Waals surface area contributed by atoms with E-state index in [9.17, 15) is 4.79 Å². The molecule has 3 rings (SSSR count). The Morgan fingerprint density at radius 2 is 1.89 bits per heavy atom. The van der Waals surface area contributed by atoms with Gasteiger partial charge in [-0.3, -0.25) is 4.79 Å². The van der Waals surface area contributed by atoms with Gasteiger partial charge in [0.05, 0.1) is 5.92 Å². The number of nitrogens with zero attached hydrogens (tertiary/aromatic N) is 1. The number of fused-ring (bicyclic) bond motifs is 2. The fourth-order valence-electron chi connectivity index (χ4n) is 4.09. The molecule has 4 unspecified atom stereocenters. The molecule has 0 aromatic heterocycles. The fraction of sp³-hybridized carbons (Fsp3) is 0.933. The molecule has 0 aliphatic heterocycles. The van der Waals surface area contributed by atoms with Crippen LogP contribution in [0.1, 0.15) is 46.0 Å². The minimum Gasteiger partial charge on any atom is -0.339 e. The minimum absolute atomic E-state index is 0.142. The standard InChI is InChI=1S/C15H26N2O/c1-9(2)8-17(12-5-6-12)15(18)13-10-3-4-11(7-10)14(13)16/h9-14H,3-8,16H2,1-2H3. The molecule has 2 N–H and O–H groups in total. The van der Waals surface area contributed by atoms with Crippen LogP contribution in [0, 0.1) is 23.7 Å². The highest BCUT2D eigenvalue weighted by molar-refractivity contribution is 5.81. The van der Waals surface area contributed by atoms with Crippen LogP contribution in [0.3, 0.4) is 0 Å². The molecule has 0 spiro atoms. The lowest BCUT2D eigenvalue weighted by atomic mass is 9.84. The molecule has 0 heterocycles. The highest BCUT2D eigenvalue weighted by atomic mass is 16.2. The molecule has 3 aliphatic carbocycles. The zero-order valence-corrected chi connectivity index (χ0v) is 11.6. The van der Waals surface area contributed by atoms with Gasteiger partial charge in [0.15, 0.2) is 0 Å². The summed E-state index contributed by atoms with van der Waals surface area (Å²) < 4.78 is 0. The maximum atomic E-state index is 12.8. The van der Waals surface area contributed by atoms with Crippen LogP contribution in [-0.4, -0.2) is 29.4 Å². The van der Waals surface area contributed by atoms with Crippen LogP contribution in [0.5, 0.6) is 0 Å². The number of carbonyl (C=O) groups is 1. The van der Waals surface area contributed by atoms with Crippen LogP contribution in [0.25, 0.3) is 0 Å². The van der Waals surface area contributed by atoms with E-state index in [0.29, 0.717) is 29.7 Å². The number of hydrogen-bond donors (Lipinski definition) is 1. The predicted molar refractivity (Wildman–Crippen MR) is 71.9 cm³/mol. The van der Waals surface area contributed by atoms with Crippen molar-refractivity contribution in [2.45, 2.75) is 58.0 Å². The molecule has 2 bridgehead atoms. The first-order valence-corrected chi connectivity index (χ1v) is 7.64. The zero-order chi connectivity index (χ0) is 12.9. The van der Waals surface area contributed by atoms with Gasteiger partial charge in [0.25, 0.3) is 0 Å². The van der Waals surface area contributed by atoms with Gasteiger partial charge >= 0.3 is 0 Å². The topological polar surface area (TPSA) is 46.3 Å². The van der Waals surface area contributed by atoms with E-state index in [1.54, 1.807) is 0 Å². The molecular weight excluding hydrogens is 224 g/mol. The maximum absolute atomic E-state index is 12.8. The first kappa shape index (κ1) is 12.5. The second-order valence-corrected chi connectivity index (χ2v) is 7.05. The molecule has 18 heavy (non-hydrogen) atoms. The van der Waals surface area contributed by atoms with Gasteiger partial charge in [0, 0.05) is 18.6 Å². The Kier molecular flexibility index (Phi) is 3.13. The summed E-state index contributed by atoms with van der Waals surface area (Å²) >= 11 is 0. The Labute approximate surface area is 110 Å². The number of rotatable bonds is 4. The molecule has 1 amide bonds. The van der Waals surface area contributed by atoms with E-state index in [2.05, 4.69) is 18.7 Å². The average molecular weight is 250 g/mol. The monoisotopic (exact) mass is 250 g/mol. The van der Waals surface area contributed by atoms with Crippen molar-refractivity contribution in [2.24, 2.45) is 29.4 Å². The van der Waals surface area contributed by atoms with Crippen LogP contribution in [0.15, 0.2) is 0 Å². The molecule has 0 aromatic carbocycles. The first-order valence-electron chi connectivity index (χ1n) is 7.64. The van der Waals surface area contributed by atoms with Crippen LogP contribution < -0.4 is 5.73 Å². The predicted octanol–water partition coefficient (Wildman–Crippen LogP) is 2.01. The van der Waals surface area contributed by atoms with Gasteiger partial charge in [-0.2, -0.15) is 0 Å². The molecular formula is C15H26N2O. The molecule has 3 nitrogen and oxygen atoms in total.